The fourth-order valence-electron chi connectivity index (χ4n) is 1.20. The van der Waals surface area contributed by atoms with Crippen LogP contribution in [-0.4, -0.2) is 44.3 Å². The summed E-state index contributed by atoms with van der Waals surface area (Å²) in [6.45, 7) is 5.13. The average Bonchev–Trinajstić information content (AvgIpc) is 2.00. The number of hydrogen-bond donors (Lipinski definition) is 1. The van der Waals surface area contributed by atoms with Crippen molar-refractivity contribution in [2.24, 2.45) is 5.73 Å². The molecule has 0 saturated carbocycles. The molecule has 0 amide bonds. The van der Waals surface area contributed by atoms with Gasteiger partial charge in [-0.3, -0.25) is 0 Å². The normalized spacial score (nSPS) is 15.0. The van der Waals surface area contributed by atoms with Crippen molar-refractivity contribution in [3.8, 4) is 0 Å². The van der Waals surface area contributed by atoms with Gasteiger partial charge in [-0.1, -0.05) is 0 Å². The molecule has 13 heavy (non-hydrogen) atoms. The Kier molecular flexibility index (Phi) is 5.53. The van der Waals surface area contributed by atoms with Crippen molar-refractivity contribution in [3.05, 3.63) is 0 Å². The Balaban J connectivity index is 3.63. The SMILES string of the molecule is COC(C)(C)CCC(N)CN(C)C. The first-order chi connectivity index (χ1) is 5.87. The molecule has 0 bridgehead atoms. The molecule has 0 spiro atoms. The summed E-state index contributed by atoms with van der Waals surface area (Å²) < 4.78 is 5.32. The standard InChI is InChI=1S/C10H24N2O/c1-10(2,13-5)7-6-9(11)8-12(3)4/h9H,6-8,11H2,1-5H3. The van der Waals surface area contributed by atoms with Crippen LogP contribution in [0.1, 0.15) is 26.7 Å². The van der Waals surface area contributed by atoms with Gasteiger partial charge in [-0.15, -0.1) is 0 Å². The van der Waals surface area contributed by atoms with Crippen LogP contribution >= 0.6 is 0 Å². The summed E-state index contributed by atoms with van der Waals surface area (Å²) in [5.74, 6) is 0. The van der Waals surface area contributed by atoms with E-state index >= 15 is 0 Å². The molecule has 0 heterocycles. The van der Waals surface area contributed by atoms with Crippen LogP contribution in [-0.2, 0) is 4.74 Å². The molecule has 2 N–H and O–H groups in total. The van der Waals surface area contributed by atoms with E-state index in [1.165, 1.54) is 0 Å². The third kappa shape index (κ3) is 6.99. The molecule has 0 rings (SSSR count). The molecule has 80 valence electrons. The van der Waals surface area contributed by atoms with Crippen LogP contribution in [0, 0.1) is 0 Å². The monoisotopic (exact) mass is 188 g/mol. The second kappa shape index (κ2) is 5.58. The number of nitrogens with two attached hydrogens (primary N) is 1. The van der Waals surface area contributed by atoms with Crippen molar-refractivity contribution in [2.75, 3.05) is 27.7 Å². The lowest BCUT2D eigenvalue weighted by molar-refractivity contribution is 0.0121. The molecule has 0 saturated heterocycles. The summed E-state index contributed by atoms with van der Waals surface area (Å²) in [6.07, 6.45) is 2.03. The van der Waals surface area contributed by atoms with Gasteiger partial charge in [0, 0.05) is 19.7 Å². The molecule has 0 aromatic heterocycles. The Bertz CT molecular complexity index is 135. The smallest absolute Gasteiger partial charge is 0.0623 e. The largest absolute Gasteiger partial charge is 0.379 e. The Labute approximate surface area is 82.2 Å². The number of rotatable bonds is 6. The highest BCUT2D eigenvalue weighted by atomic mass is 16.5. The summed E-state index contributed by atoms with van der Waals surface area (Å²) in [5.41, 5.74) is 5.90. The molecule has 0 fully saturated rings. The van der Waals surface area contributed by atoms with Crippen LogP contribution in [0.25, 0.3) is 0 Å². The van der Waals surface area contributed by atoms with E-state index in [0.717, 1.165) is 19.4 Å². The zero-order valence-electron chi connectivity index (χ0n) is 9.63. The number of ether oxygens (including phenoxy) is 1. The van der Waals surface area contributed by atoms with Gasteiger partial charge in [0.1, 0.15) is 0 Å². The third-order valence-corrected chi connectivity index (χ3v) is 2.27. The Hall–Kier alpha value is -0.120. The number of likely N-dealkylation sites (N-methyl/N-ethyl adjacent to an activating group) is 1. The van der Waals surface area contributed by atoms with Crippen molar-refractivity contribution in [3.63, 3.8) is 0 Å². The van der Waals surface area contributed by atoms with E-state index in [-0.39, 0.29) is 11.6 Å². The molecule has 1 unspecified atom stereocenters. The zero-order valence-corrected chi connectivity index (χ0v) is 9.63. The molecule has 0 aliphatic heterocycles. The highest BCUT2D eigenvalue weighted by molar-refractivity contribution is 4.73. The van der Waals surface area contributed by atoms with Crippen LogP contribution in [0.5, 0.6) is 0 Å². The van der Waals surface area contributed by atoms with Crippen molar-refractivity contribution in [2.45, 2.75) is 38.3 Å². The van der Waals surface area contributed by atoms with Crippen LogP contribution in [0.2, 0.25) is 0 Å². The lowest BCUT2D eigenvalue weighted by Gasteiger charge is -2.25. The second-order valence-electron chi connectivity index (χ2n) is 4.52. The van der Waals surface area contributed by atoms with Gasteiger partial charge in [0.15, 0.2) is 0 Å². The van der Waals surface area contributed by atoms with Crippen molar-refractivity contribution >= 4 is 0 Å². The Morgan fingerprint density at radius 2 is 1.92 bits per heavy atom. The van der Waals surface area contributed by atoms with E-state index in [1.54, 1.807) is 7.11 Å². The van der Waals surface area contributed by atoms with Gasteiger partial charge in [-0.25, -0.2) is 0 Å². The maximum Gasteiger partial charge on any atom is 0.0623 e. The molecular weight excluding hydrogens is 164 g/mol. The topological polar surface area (TPSA) is 38.5 Å². The van der Waals surface area contributed by atoms with Gasteiger partial charge in [0.2, 0.25) is 0 Å². The van der Waals surface area contributed by atoms with Gasteiger partial charge in [-0.2, -0.15) is 0 Å². The molecule has 0 radical (unpaired) electrons. The van der Waals surface area contributed by atoms with Crippen molar-refractivity contribution in [1.82, 2.24) is 4.90 Å². The first-order valence-electron chi connectivity index (χ1n) is 4.83. The van der Waals surface area contributed by atoms with Crippen molar-refractivity contribution in [1.29, 1.82) is 0 Å². The molecule has 0 aliphatic carbocycles. The van der Waals surface area contributed by atoms with Gasteiger partial charge in [0.25, 0.3) is 0 Å². The summed E-state index contributed by atoms with van der Waals surface area (Å²) in [4.78, 5) is 2.12. The van der Waals surface area contributed by atoms with Gasteiger partial charge < -0.3 is 15.4 Å². The Morgan fingerprint density at radius 1 is 1.38 bits per heavy atom. The average molecular weight is 188 g/mol. The minimum Gasteiger partial charge on any atom is -0.379 e. The third-order valence-electron chi connectivity index (χ3n) is 2.27. The van der Waals surface area contributed by atoms with Crippen LogP contribution in [0.15, 0.2) is 0 Å². The molecule has 0 aliphatic rings. The van der Waals surface area contributed by atoms with Crippen LogP contribution in [0.4, 0.5) is 0 Å². The van der Waals surface area contributed by atoms with E-state index in [1.807, 2.05) is 14.1 Å². The minimum absolute atomic E-state index is 0.0378. The van der Waals surface area contributed by atoms with E-state index in [4.69, 9.17) is 10.5 Å². The van der Waals surface area contributed by atoms with E-state index < -0.39 is 0 Å². The zero-order chi connectivity index (χ0) is 10.5. The summed E-state index contributed by atoms with van der Waals surface area (Å²) in [5, 5.41) is 0. The fourth-order valence-corrected chi connectivity index (χ4v) is 1.20. The second-order valence-corrected chi connectivity index (χ2v) is 4.52. The molecule has 3 nitrogen and oxygen atoms in total. The lowest BCUT2D eigenvalue weighted by atomic mass is 9.99. The van der Waals surface area contributed by atoms with E-state index in [0.29, 0.717) is 0 Å². The Morgan fingerprint density at radius 3 is 2.31 bits per heavy atom. The minimum atomic E-state index is -0.0378. The van der Waals surface area contributed by atoms with Crippen LogP contribution in [0.3, 0.4) is 0 Å². The first kappa shape index (κ1) is 12.9. The predicted octanol–water partition coefficient (Wildman–Crippen LogP) is 1.08. The van der Waals surface area contributed by atoms with E-state index in [9.17, 15) is 0 Å². The number of hydrogen-bond acceptors (Lipinski definition) is 3. The summed E-state index contributed by atoms with van der Waals surface area (Å²) in [6, 6.07) is 0.254. The molecule has 0 aromatic carbocycles. The maximum absolute atomic E-state index is 5.94. The number of nitrogens with zero attached hydrogens (tertiary/aromatic N) is 1. The predicted molar refractivity (Wildman–Crippen MR) is 56.9 cm³/mol. The van der Waals surface area contributed by atoms with Crippen LogP contribution < -0.4 is 5.73 Å². The molecular formula is C10H24N2O. The summed E-state index contributed by atoms with van der Waals surface area (Å²) in [7, 11) is 5.83. The van der Waals surface area contributed by atoms with Gasteiger partial charge in [0.05, 0.1) is 5.60 Å². The highest BCUT2D eigenvalue weighted by Gasteiger charge is 2.17. The first-order valence-corrected chi connectivity index (χ1v) is 4.83. The number of methoxy groups -OCH3 is 1. The van der Waals surface area contributed by atoms with Crippen molar-refractivity contribution < 1.29 is 4.74 Å². The molecule has 0 aromatic rings. The quantitative estimate of drug-likeness (QED) is 0.678. The fraction of sp³-hybridized carbons (Fsp3) is 1.00. The van der Waals surface area contributed by atoms with Gasteiger partial charge in [-0.05, 0) is 40.8 Å². The highest BCUT2D eigenvalue weighted by Crippen LogP contribution is 2.16. The molecule has 3 heteroatoms. The van der Waals surface area contributed by atoms with Gasteiger partial charge >= 0.3 is 0 Å². The maximum atomic E-state index is 5.94. The molecule has 1 atom stereocenters. The lowest BCUT2D eigenvalue weighted by Crippen LogP contribution is -2.35. The van der Waals surface area contributed by atoms with E-state index in [2.05, 4.69) is 18.7 Å². The summed E-state index contributed by atoms with van der Waals surface area (Å²) >= 11 is 0.